The molecule has 0 saturated carbocycles. The van der Waals surface area contributed by atoms with Crippen molar-refractivity contribution >= 4 is 10.8 Å². The second-order valence-corrected chi connectivity index (χ2v) is 9.76. The Hall–Kier alpha value is -2.42. The first-order valence-electron chi connectivity index (χ1n) is 13.8. The SMILES string of the molecule is CCCCCCCCOc1ccc2cc(-c3ccc(CCCCCCCC)c(F)c3F)ccc2c1. The van der Waals surface area contributed by atoms with Gasteiger partial charge in [0.2, 0.25) is 0 Å². The van der Waals surface area contributed by atoms with Crippen molar-refractivity contribution in [3.05, 3.63) is 65.7 Å². The van der Waals surface area contributed by atoms with Gasteiger partial charge in [-0.25, -0.2) is 8.78 Å². The van der Waals surface area contributed by atoms with E-state index in [1.54, 1.807) is 12.1 Å². The van der Waals surface area contributed by atoms with Gasteiger partial charge in [-0.1, -0.05) is 108 Å². The second-order valence-electron chi connectivity index (χ2n) is 9.76. The number of rotatable bonds is 16. The van der Waals surface area contributed by atoms with Gasteiger partial charge in [-0.15, -0.1) is 0 Å². The Morgan fingerprint density at radius 3 is 1.97 bits per heavy atom. The zero-order valence-corrected chi connectivity index (χ0v) is 21.7. The number of hydrogen-bond acceptors (Lipinski definition) is 1. The topological polar surface area (TPSA) is 9.23 Å². The van der Waals surface area contributed by atoms with Gasteiger partial charge in [-0.05, 0) is 59.4 Å². The zero-order chi connectivity index (χ0) is 24.9. The van der Waals surface area contributed by atoms with Crippen LogP contribution in [0.4, 0.5) is 8.78 Å². The summed E-state index contributed by atoms with van der Waals surface area (Å²) in [7, 11) is 0. The summed E-state index contributed by atoms with van der Waals surface area (Å²) < 4.78 is 35.7. The van der Waals surface area contributed by atoms with Gasteiger partial charge in [0.25, 0.3) is 0 Å². The smallest absolute Gasteiger partial charge is 0.166 e. The van der Waals surface area contributed by atoms with Crippen LogP contribution in [0.3, 0.4) is 0 Å². The van der Waals surface area contributed by atoms with Crippen LogP contribution in [0.5, 0.6) is 5.75 Å². The summed E-state index contributed by atoms with van der Waals surface area (Å²) >= 11 is 0. The third kappa shape index (κ3) is 8.33. The number of ether oxygens (including phenoxy) is 1. The van der Waals surface area contributed by atoms with E-state index in [-0.39, 0.29) is 0 Å². The summed E-state index contributed by atoms with van der Waals surface area (Å²) in [5.41, 5.74) is 1.50. The zero-order valence-electron chi connectivity index (χ0n) is 21.7. The number of halogens is 2. The van der Waals surface area contributed by atoms with Crippen molar-refractivity contribution in [3.63, 3.8) is 0 Å². The molecule has 3 heteroatoms. The molecule has 190 valence electrons. The summed E-state index contributed by atoms with van der Waals surface area (Å²) in [6.45, 7) is 5.15. The van der Waals surface area contributed by atoms with E-state index in [2.05, 4.69) is 13.8 Å². The summed E-state index contributed by atoms with van der Waals surface area (Å²) in [4.78, 5) is 0. The van der Waals surface area contributed by atoms with Crippen molar-refractivity contribution in [1.82, 2.24) is 0 Å². The highest BCUT2D eigenvalue weighted by molar-refractivity contribution is 5.88. The van der Waals surface area contributed by atoms with Crippen LogP contribution in [0.2, 0.25) is 0 Å². The van der Waals surface area contributed by atoms with Crippen molar-refractivity contribution in [1.29, 1.82) is 0 Å². The molecule has 0 unspecified atom stereocenters. The molecule has 0 radical (unpaired) electrons. The van der Waals surface area contributed by atoms with Crippen LogP contribution in [0.1, 0.15) is 96.5 Å². The molecule has 3 aromatic rings. The minimum absolute atomic E-state index is 0.319. The molecular formula is C32H42F2O. The van der Waals surface area contributed by atoms with E-state index in [0.717, 1.165) is 42.4 Å². The minimum Gasteiger partial charge on any atom is -0.494 e. The largest absolute Gasteiger partial charge is 0.494 e. The maximum Gasteiger partial charge on any atom is 0.166 e. The second kappa shape index (κ2) is 14.9. The van der Waals surface area contributed by atoms with Gasteiger partial charge in [-0.3, -0.25) is 0 Å². The van der Waals surface area contributed by atoms with Crippen molar-refractivity contribution in [2.24, 2.45) is 0 Å². The molecule has 0 aliphatic heterocycles. The van der Waals surface area contributed by atoms with E-state index in [9.17, 15) is 8.78 Å². The molecule has 3 rings (SSSR count). The molecule has 0 fully saturated rings. The Kier molecular flexibility index (Phi) is 11.5. The maximum absolute atomic E-state index is 15.0. The Bertz CT molecular complexity index is 1040. The standard InChI is InChI=1S/C32H42F2O/c1-3-5-7-9-11-13-15-25-19-21-30(32(34)31(25)33)28-17-16-27-24-29(20-18-26(27)23-28)35-22-14-12-10-8-6-4-2/h16-21,23-24H,3-15,22H2,1-2H3. The molecule has 1 nitrogen and oxygen atoms in total. The molecule has 0 saturated heterocycles. The van der Waals surface area contributed by atoms with Crippen LogP contribution in [-0.2, 0) is 6.42 Å². The molecule has 0 aliphatic rings. The number of hydrogen-bond donors (Lipinski definition) is 0. The average Bonchev–Trinajstić information content (AvgIpc) is 2.87. The molecule has 0 bridgehead atoms. The normalized spacial score (nSPS) is 11.3. The lowest BCUT2D eigenvalue weighted by Gasteiger charge is -2.11. The number of fused-ring (bicyclic) bond motifs is 1. The van der Waals surface area contributed by atoms with Crippen LogP contribution in [0, 0.1) is 11.6 Å². The first-order valence-corrected chi connectivity index (χ1v) is 13.8. The van der Waals surface area contributed by atoms with E-state index in [1.165, 1.54) is 57.8 Å². The molecule has 0 aromatic heterocycles. The van der Waals surface area contributed by atoms with Crippen molar-refractivity contribution in [3.8, 4) is 16.9 Å². The van der Waals surface area contributed by atoms with Gasteiger partial charge in [0, 0.05) is 5.56 Å². The third-order valence-corrected chi connectivity index (χ3v) is 6.85. The highest BCUT2D eigenvalue weighted by Gasteiger charge is 2.15. The Morgan fingerprint density at radius 1 is 0.600 bits per heavy atom. The van der Waals surface area contributed by atoms with E-state index in [1.807, 2.05) is 36.4 Å². The van der Waals surface area contributed by atoms with Crippen molar-refractivity contribution in [2.75, 3.05) is 6.61 Å². The highest BCUT2D eigenvalue weighted by Crippen LogP contribution is 2.31. The van der Waals surface area contributed by atoms with Crippen molar-refractivity contribution in [2.45, 2.75) is 97.3 Å². The van der Waals surface area contributed by atoms with Gasteiger partial charge in [0.1, 0.15) is 5.75 Å². The van der Waals surface area contributed by atoms with E-state index in [4.69, 9.17) is 4.74 Å². The van der Waals surface area contributed by atoms with Gasteiger partial charge in [0.15, 0.2) is 11.6 Å². The van der Waals surface area contributed by atoms with Gasteiger partial charge < -0.3 is 4.74 Å². The molecule has 0 heterocycles. The molecule has 0 aliphatic carbocycles. The van der Waals surface area contributed by atoms with Crippen LogP contribution in [0.25, 0.3) is 21.9 Å². The summed E-state index contributed by atoms with van der Waals surface area (Å²) in [6, 6.07) is 15.2. The predicted molar refractivity (Wildman–Crippen MR) is 145 cm³/mol. The lowest BCUT2D eigenvalue weighted by atomic mass is 9.97. The lowest BCUT2D eigenvalue weighted by Crippen LogP contribution is -1.98. The van der Waals surface area contributed by atoms with Crippen LogP contribution in [0.15, 0.2) is 48.5 Å². The number of benzene rings is 3. The lowest BCUT2D eigenvalue weighted by molar-refractivity contribution is 0.305. The van der Waals surface area contributed by atoms with E-state index in [0.29, 0.717) is 23.1 Å². The van der Waals surface area contributed by atoms with Crippen LogP contribution in [-0.4, -0.2) is 6.61 Å². The molecule has 3 aromatic carbocycles. The Balaban J connectivity index is 1.59. The van der Waals surface area contributed by atoms with Crippen LogP contribution < -0.4 is 4.74 Å². The summed E-state index contributed by atoms with van der Waals surface area (Å²) in [5.74, 6) is -0.587. The van der Waals surface area contributed by atoms with Gasteiger partial charge in [0.05, 0.1) is 6.61 Å². The first-order chi connectivity index (χ1) is 17.1. The third-order valence-electron chi connectivity index (χ3n) is 6.85. The maximum atomic E-state index is 15.0. The molecule has 0 N–H and O–H groups in total. The van der Waals surface area contributed by atoms with Gasteiger partial charge in [-0.2, -0.15) is 0 Å². The summed E-state index contributed by atoms with van der Waals surface area (Å²) in [5, 5.41) is 2.03. The van der Waals surface area contributed by atoms with Gasteiger partial charge >= 0.3 is 0 Å². The number of unbranched alkanes of at least 4 members (excludes halogenated alkanes) is 10. The number of aryl methyl sites for hydroxylation is 1. The van der Waals surface area contributed by atoms with Crippen LogP contribution >= 0.6 is 0 Å². The predicted octanol–water partition coefficient (Wildman–Crippen LogP) is 10.4. The summed E-state index contributed by atoms with van der Waals surface area (Å²) in [6.07, 6.45) is 14.8. The fourth-order valence-corrected chi connectivity index (χ4v) is 4.65. The molecule has 0 spiro atoms. The fourth-order valence-electron chi connectivity index (χ4n) is 4.65. The molecule has 0 atom stereocenters. The Labute approximate surface area is 210 Å². The average molecular weight is 481 g/mol. The first kappa shape index (κ1) is 27.2. The fraction of sp³-hybridized carbons (Fsp3) is 0.500. The monoisotopic (exact) mass is 480 g/mol. The molecule has 35 heavy (non-hydrogen) atoms. The highest BCUT2D eigenvalue weighted by atomic mass is 19.2. The molecule has 0 amide bonds. The Morgan fingerprint density at radius 2 is 1.23 bits per heavy atom. The van der Waals surface area contributed by atoms with Crippen molar-refractivity contribution < 1.29 is 13.5 Å². The minimum atomic E-state index is -0.744. The van der Waals surface area contributed by atoms with E-state index >= 15 is 0 Å². The van der Waals surface area contributed by atoms with E-state index < -0.39 is 11.6 Å². The molecular weight excluding hydrogens is 438 g/mol. The quantitative estimate of drug-likeness (QED) is 0.185.